The number of carbonyl (C=O) groups is 1. The van der Waals surface area contributed by atoms with Crippen LogP contribution >= 0.6 is 12.4 Å². The van der Waals surface area contributed by atoms with Crippen LogP contribution in [0.15, 0.2) is 24.3 Å². The van der Waals surface area contributed by atoms with Crippen LogP contribution in [0.1, 0.15) is 77.2 Å². The van der Waals surface area contributed by atoms with Gasteiger partial charge in [-0.25, -0.2) is 0 Å². The van der Waals surface area contributed by atoms with E-state index in [0.29, 0.717) is 23.8 Å². The summed E-state index contributed by atoms with van der Waals surface area (Å²) < 4.78 is 0. The second-order valence-corrected chi connectivity index (χ2v) is 11.2. The van der Waals surface area contributed by atoms with Gasteiger partial charge in [-0.3, -0.25) is 9.69 Å². The Morgan fingerprint density at radius 2 is 1.50 bits per heavy atom. The van der Waals surface area contributed by atoms with Gasteiger partial charge in [0.15, 0.2) is 0 Å². The molecule has 4 rings (SSSR count). The van der Waals surface area contributed by atoms with Crippen molar-refractivity contribution >= 4 is 24.0 Å². The van der Waals surface area contributed by atoms with Crippen molar-refractivity contribution in [1.82, 2.24) is 9.80 Å². The van der Waals surface area contributed by atoms with E-state index in [1.807, 2.05) is 0 Å². The molecule has 1 aromatic carbocycles. The minimum Gasteiger partial charge on any atom is -0.369 e. The summed E-state index contributed by atoms with van der Waals surface area (Å²) in [5, 5.41) is 0. The summed E-state index contributed by atoms with van der Waals surface area (Å²) in [7, 11) is 0. The molecule has 180 valence electrons. The first-order valence-corrected chi connectivity index (χ1v) is 12.8. The molecule has 0 aromatic heterocycles. The maximum atomic E-state index is 12.6. The third kappa shape index (κ3) is 6.20. The minimum atomic E-state index is 0. The van der Waals surface area contributed by atoms with Crippen molar-refractivity contribution in [3.05, 3.63) is 29.8 Å². The number of piperidine rings is 1. The number of hydrogen-bond donors (Lipinski definition) is 0. The molecule has 3 aliphatic rings. The summed E-state index contributed by atoms with van der Waals surface area (Å²) in [4.78, 5) is 19.7. The molecule has 0 N–H and O–H groups in total. The highest BCUT2D eigenvalue weighted by atomic mass is 35.5. The first-order valence-electron chi connectivity index (χ1n) is 12.8. The Morgan fingerprint density at radius 1 is 0.875 bits per heavy atom. The molecule has 4 nitrogen and oxygen atoms in total. The maximum Gasteiger partial charge on any atom is 0.236 e. The Morgan fingerprint density at radius 3 is 2.12 bits per heavy atom. The molecule has 1 aromatic rings. The molecule has 1 aliphatic carbocycles. The molecule has 2 saturated heterocycles. The zero-order valence-corrected chi connectivity index (χ0v) is 21.3. The van der Waals surface area contributed by atoms with Crippen LogP contribution in [0, 0.1) is 11.3 Å². The lowest BCUT2D eigenvalue weighted by Gasteiger charge is -2.40. The molecule has 0 unspecified atom stereocenters. The van der Waals surface area contributed by atoms with Crippen molar-refractivity contribution in [3.8, 4) is 0 Å². The quantitative estimate of drug-likeness (QED) is 0.587. The predicted octanol–water partition coefficient (Wildman–Crippen LogP) is 5.56. The summed E-state index contributed by atoms with van der Waals surface area (Å²) >= 11 is 0. The van der Waals surface area contributed by atoms with E-state index in [1.54, 1.807) is 5.56 Å². The molecule has 0 radical (unpaired) electrons. The second-order valence-electron chi connectivity index (χ2n) is 11.2. The number of piperazine rings is 1. The van der Waals surface area contributed by atoms with Crippen LogP contribution in [0.3, 0.4) is 0 Å². The van der Waals surface area contributed by atoms with E-state index in [9.17, 15) is 4.79 Å². The first-order chi connectivity index (χ1) is 14.9. The van der Waals surface area contributed by atoms with Crippen molar-refractivity contribution in [1.29, 1.82) is 0 Å². The first kappa shape index (κ1) is 25.4. The van der Waals surface area contributed by atoms with E-state index in [-0.39, 0.29) is 12.4 Å². The molecule has 2 aliphatic heterocycles. The number of para-hydroxylation sites is 1. The van der Waals surface area contributed by atoms with Crippen molar-refractivity contribution in [2.24, 2.45) is 11.3 Å². The molecule has 0 bridgehead atoms. The van der Waals surface area contributed by atoms with E-state index >= 15 is 0 Å². The number of halogens is 1. The smallest absolute Gasteiger partial charge is 0.236 e. The lowest BCUT2D eigenvalue weighted by molar-refractivity contribution is -0.133. The minimum absolute atomic E-state index is 0. The zero-order valence-electron chi connectivity index (χ0n) is 20.5. The summed E-state index contributed by atoms with van der Waals surface area (Å²) in [5.74, 6) is 1.90. The number of likely N-dealkylation sites (tertiary alicyclic amines) is 1. The maximum absolute atomic E-state index is 12.6. The van der Waals surface area contributed by atoms with Crippen molar-refractivity contribution in [2.75, 3.05) is 50.7 Å². The zero-order chi connectivity index (χ0) is 21.8. The molecular weight excluding hydrogens is 418 g/mol. The van der Waals surface area contributed by atoms with Gasteiger partial charge in [-0.1, -0.05) is 39.0 Å². The monoisotopic (exact) mass is 461 g/mol. The van der Waals surface area contributed by atoms with Crippen molar-refractivity contribution in [2.45, 2.75) is 71.6 Å². The molecule has 3 fully saturated rings. The van der Waals surface area contributed by atoms with Crippen LogP contribution in [-0.2, 0) is 4.79 Å². The van der Waals surface area contributed by atoms with Gasteiger partial charge < -0.3 is 9.80 Å². The molecule has 0 spiro atoms. The molecule has 1 saturated carbocycles. The summed E-state index contributed by atoms with van der Waals surface area (Å²) in [6.45, 7) is 13.8. The summed E-state index contributed by atoms with van der Waals surface area (Å²) in [5.41, 5.74) is 3.45. The number of amides is 1. The van der Waals surface area contributed by atoms with E-state index < -0.39 is 0 Å². The number of benzene rings is 1. The van der Waals surface area contributed by atoms with Crippen LogP contribution in [0.2, 0.25) is 0 Å². The number of nitrogens with zero attached hydrogens (tertiary/aromatic N) is 3. The largest absolute Gasteiger partial charge is 0.369 e. The van der Waals surface area contributed by atoms with Crippen LogP contribution in [0.4, 0.5) is 5.69 Å². The van der Waals surface area contributed by atoms with Crippen LogP contribution in [-0.4, -0.2) is 61.5 Å². The molecule has 1 amide bonds. The van der Waals surface area contributed by atoms with E-state index in [0.717, 1.165) is 45.2 Å². The van der Waals surface area contributed by atoms with Gasteiger partial charge in [0.25, 0.3) is 0 Å². The molecule has 5 heteroatoms. The van der Waals surface area contributed by atoms with Gasteiger partial charge >= 0.3 is 0 Å². The highest BCUT2D eigenvalue weighted by Crippen LogP contribution is 2.45. The fourth-order valence-corrected chi connectivity index (χ4v) is 5.97. The van der Waals surface area contributed by atoms with E-state index in [1.165, 1.54) is 50.6 Å². The fourth-order valence-electron chi connectivity index (χ4n) is 5.97. The number of rotatable bonds is 4. The molecule has 0 atom stereocenters. The Hall–Kier alpha value is -1.26. The summed E-state index contributed by atoms with van der Waals surface area (Å²) in [6, 6.07) is 9.14. The lowest BCUT2D eigenvalue weighted by atomic mass is 9.68. The highest BCUT2D eigenvalue weighted by Gasteiger charge is 2.32. The Balaban J connectivity index is 0.00000289. The molecular formula is C27H44ClN3O. The molecule has 2 heterocycles. The summed E-state index contributed by atoms with van der Waals surface area (Å²) in [6.07, 6.45) is 8.98. The van der Waals surface area contributed by atoms with Crippen molar-refractivity contribution in [3.63, 3.8) is 0 Å². The fraction of sp³-hybridized carbons (Fsp3) is 0.741. The average Bonchev–Trinajstić information content (AvgIpc) is 2.80. The third-order valence-corrected chi connectivity index (χ3v) is 8.11. The number of anilines is 1. The van der Waals surface area contributed by atoms with Gasteiger partial charge in [-0.15, -0.1) is 12.4 Å². The number of hydrogen-bond acceptors (Lipinski definition) is 3. The second kappa shape index (κ2) is 11.2. The average molecular weight is 462 g/mol. The van der Waals surface area contributed by atoms with Crippen molar-refractivity contribution < 1.29 is 4.79 Å². The van der Waals surface area contributed by atoms with Crippen LogP contribution in [0.25, 0.3) is 0 Å². The standard InChI is InChI=1S/C27H43N3O.ClH/c1-27(2,3)23-13-11-22(12-14-23)24-9-5-6-10-25(24)29-19-17-28(18-20-29)21-26(31)30-15-7-4-8-16-30;/h5-6,9-10,22-23H,4,7-8,11-21H2,1-3H3;1H. The van der Waals surface area contributed by atoms with Gasteiger partial charge in [0, 0.05) is 45.0 Å². The van der Waals surface area contributed by atoms with Crippen LogP contribution < -0.4 is 4.90 Å². The molecule has 32 heavy (non-hydrogen) atoms. The van der Waals surface area contributed by atoms with Gasteiger partial charge in [0.2, 0.25) is 5.91 Å². The topological polar surface area (TPSA) is 26.8 Å². The van der Waals surface area contributed by atoms with Gasteiger partial charge in [0.05, 0.1) is 6.54 Å². The Labute approximate surface area is 202 Å². The number of carbonyl (C=O) groups excluding carboxylic acids is 1. The SMILES string of the molecule is CC(C)(C)C1CCC(c2ccccc2N2CCN(CC(=O)N3CCCCC3)CC2)CC1.Cl. The van der Waals surface area contributed by atoms with Gasteiger partial charge in [-0.2, -0.15) is 0 Å². The highest BCUT2D eigenvalue weighted by molar-refractivity contribution is 5.85. The van der Waals surface area contributed by atoms with E-state index in [4.69, 9.17) is 0 Å². The predicted molar refractivity (Wildman–Crippen MR) is 137 cm³/mol. The van der Waals surface area contributed by atoms with Crippen LogP contribution in [0.5, 0.6) is 0 Å². The Bertz CT molecular complexity index is 725. The van der Waals surface area contributed by atoms with Gasteiger partial charge in [-0.05, 0) is 73.8 Å². The lowest BCUT2D eigenvalue weighted by Crippen LogP contribution is -2.51. The third-order valence-electron chi connectivity index (χ3n) is 8.11. The van der Waals surface area contributed by atoms with E-state index in [2.05, 4.69) is 59.7 Å². The Kier molecular flexibility index (Phi) is 8.91. The normalized spacial score (nSPS) is 25.3. The van der Waals surface area contributed by atoms with Gasteiger partial charge in [0.1, 0.15) is 0 Å².